The highest BCUT2D eigenvalue weighted by Crippen LogP contribution is 2.38. The van der Waals surface area contributed by atoms with Crippen molar-refractivity contribution in [3.05, 3.63) is 75.4 Å². The molecule has 0 saturated carbocycles. The van der Waals surface area contributed by atoms with Gasteiger partial charge in [-0.3, -0.25) is 14.9 Å². The first kappa shape index (κ1) is 23.8. The third-order valence-corrected chi connectivity index (χ3v) is 4.53. The maximum absolute atomic E-state index is 12.6. The molecular formula is C22H20ClN3O7. The Morgan fingerprint density at radius 1 is 1.06 bits per heavy atom. The van der Waals surface area contributed by atoms with E-state index in [-0.39, 0.29) is 33.5 Å². The van der Waals surface area contributed by atoms with Gasteiger partial charge in [0.05, 0.1) is 30.5 Å². The number of hydrogen-bond donors (Lipinski definition) is 1. The van der Waals surface area contributed by atoms with Crippen LogP contribution in [0.15, 0.2) is 54.7 Å². The van der Waals surface area contributed by atoms with E-state index in [9.17, 15) is 14.9 Å². The highest BCUT2D eigenvalue weighted by molar-refractivity contribution is 6.30. The average Bonchev–Trinajstić information content (AvgIpc) is 2.81. The van der Waals surface area contributed by atoms with Crippen LogP contribution < -0.4 is 19.5 Å². The second-order valence-corrected chi connectivity index (χ2v) is 6.95. The van der Waals surface area contributed by atoms with Crippen molar-refractivity contribution in [3.63, 3.8) is 0 Å². The van der Waals surface area contributed by atoms with Crippen molar-refractivity contribution in [1.82, 2.24) is 4.98 Å². The Morgan fingerprint density at radius 3 is 2.52 bits per heavy atom. The molecule has 1 heterocycles. The Labute approximate surface area is 194 Å². The summed E-state index contributed by atoms with van der Waals surface area (Å²) in [5.74, 6) is 0.390. The van der Waals surface area contributed by atoms with Gasteiger partial charge in [0.15, 0.2) is 11.5 Å². The molecule has 3 aromatic rings. The van der Waals surface area contributed by atoms with Crippen molar-refractivity contribution in [2.75, 3.05) is 32.8 Å². The van der Waals surface area contributed by atoms with Crippen LogP contribution >= 0.6 is 11.6 Å². The van der Waals surface area contributed by atoms with Gasteiger partial charge in [0.1, 0.15) is 6.61 Å². The zero-order chi connectivity index (χ0) is 23.8. The number of ether oxygens (including phenoxy) is 4. The predicted molar refractivity (Wildman–Crippen MR) is 121 cm³/mol. The molecule has 172 valence electrons. The summed E-state index contributed by atoms with van der Waals surface area (Å²) in [4.78, 5) is 27.4. The van der Waals surface area contributed by atoms with Crippen molar-refractivity contribution in [2.45, 2.75) is 0 Å². The predicted octanol–water partition coefficient (Wildman–Crippen LogP) is 4.72. The minimum Gasteiger partial charge on any atom is -0.493 e. The Bertz CT molecular complexity index is 1140. The van der Waals surface area contributed by atoms with Crippen molar-refractivity contribution < 1.29 is 28.7 Å². The molecule has 0 aliphatic rings. The molecule has 0 aliphatic carbocycles. The summed E-state index contributed by atoms with van der Waals surface area (Å²) in [5.41, 5.74) is 0.453. The Morgan fingerprint density at radius 2 is 1.85 bits per heavy atom. The van der Waals surface area contributed by atoms with Gasteiger partial charge in [0.25, 0.3) is 5.91 Å². The lowest BCUT2D eigenvalue weighted by Crippen LogP contribution is -2.12. The molecule has 1 amide bonds. The molecule has 0 unspecified atom stereocenters. The first-order valence-corrected chi connectivity index (χ1v) is 9.98. The number of nitrogens with zero attached hydrogens (tertiary/aromatic N) is 2. The summed E-state index contributed by atoms with van der Waals surface area (Å²) >= 11 is 5.84. The van der Waals surface area contributed by atoms with Crippen molar-refractivity contribution >= 4 is 28.9 Å². The summed E-state index contributed by atoms with van der Waals surface area (Å²) in [6.45, 7) is 0.801. The Kier molecular flexibility index (Phi) is 8.01. The molecule has 0 spiro atoms. The lowest BCUT2D eigenvalue weighted by atomic mass is 10.2. The number of rotatable bonds is 10. The molecule has 0 atom stereocenters. The average molecular weight is 474 g/mol. The number of aromatic nitrogens is 1. The van der Waals surface area contributed by atoms with E-state index in [2.05, 4.69) is 10.3 Å². The second kappa shape index (κ2) is 11.1. The van der Waals surface area contributed by atoms with Gasteiger partial charge in [-0.1, -0.05) is 11.6 Å². The van der Waals surface area contributed by atoms with E-state index in [0.717, 1.165) is 0 Å². The van der Waals surface area contributed by atoms with Gasteiger partial charge < -0.3 is 24.3 Å². The fraction of sp³-hybridized carbons (Fsp3) is 0.182. The summed E-state index contributed by atoms with van der Waals surface area (Å²) in [7, 11) is 2.97. The van der Waals surface area contributed by atoms with E-state index in [1.54, 1.807) is 19.2 Å². The van der Waals surface area contributed by atoms with E-state index < -0.39 is 10.8 Å². The number of nitrogens with one attached hydrogen (secondary N) is 1. The fourth-order valence-electron chi connectivity index (χ4n) is 2.70. The number of pyridine rings is 1. The van der Waals surface area contributed by atoms with Crippen LogP contribution in [-0.2, 0) is 4.74 Å². The monoisotopic (exact) mass is 473 g/mol. The quantitative estimate of drug-likeness (QED) is 0.255. The number of anilines is 1. The van der Waals surface area contributed by atoms with E-state index >= 15 is 0 Å². The van der Waals surface area contributed by atoms with E-state index in [1.165, 1.54) is 49.7 Å². The Hall–Kier alpha value is -3.89. The number of nitro groups is 1. The number of hydrogen-bond acceptors (Lipinski definition) is 8. The molecule has 10 nitrogen and oxygen atoms in total. The van der Waals surface area contributed by atoms with Gasteiger partial charge in [-0.05, 0) is 36.4 Å². The van der Waals surface area contributed by atoms with E-state index in [0.29, 0.717) is 24.8 Å². The minimum atomic E-state index is -0.600. The SMILES string of the molecule is COCCOc1ccc(NC(=O)c2ccc(Oc3ccc(Cl)cc3[N+](=O)[O-])c(OC)c2)cn1. The zero-order valence-electron chi connectivity index (χ0n) is 17.7. The summed E-state index contributed by atoms with van der Waals surface area (Å²) in [5, 5.41) is 14.2. The summed E-state index contributed by atoms with van der Waals surface area (Å²) in [6, 6.07) is 11.8. The number of benzene rings is 2. The number of nitro benzene ring substituents is 1. The van der Waals surface area contributed by atoms with Crippen molar-refractivity contribution in [2.24, 2.45) is 0 Å². The molecule has 2 aromatic carbocycles. The highest BCUT2D eigenvalue weighted by atomic mass is 35.5. The largest absolute Gasteiger partial charge is 0.493 e. The molecule has 0 bridgehead atoms. The van der Waals surface area contributed by atoms with Crippen LogP contribution in [0.5, 0.6) is 23.1 Å². The summed E-state index contributed by atoms with van der Waals surface area (Å²) < 4.78 is 21.3. The van der Waals surface area contributed by atoms with E-state index in [1.807, 2.05) is 0 Å². The second-order valence-electron chi connectivity index (χ2n) is 6.52. The maximum Gasteiger partial charge on any atom is 0.313 e. The maximum atomic E-state index is 12.6. The minimum absolute atomic E-state index is 0.0150. The lowest BCUT2D eigenvalue weighted by molar-refractivity contribution is -0.385. The zero-order valence-corrected chi connectivity index (χ0v) is 18.5. The topological polar surface area (TPSA) is 122 Å². The van der Waals surface area contributed by atoms with E-state index in [4.69, 9.17) is 30.5 Å². The van der Waals surface area contributed by atoms with Crippen LogP contribution in [0.1, 0.15) is 10.4 Å². The van der Waals surface area contributed by atoms with Gasteiger partial charge in [-0.15, -0.1) is 0 Å². The molecular weight excluding hydrogens is 454 g/mol. The third-order valence-electron chi connectivity index (χ3n) is 4.30. The molecule has 0 saturated heterocycles. The van der Waals surface area contributed by atoms with Crippen molar-refractivity contribution in [1.29, 1.82) is 0 Å². The highest BCUT2D eigenvalue weighted by Gasteiger charge is 2.19. The number of carbonyl (C=O) groups is 1. The fourth-order valence-corrected chi connectivity index (χ4v) is 2.87. The van der Waals surface area contributed by atoms with Crippen LogP contribution in [0, 0.1) is 10.1 Å². The molecule has 11 heteroatoms. The smallest absolute Gasteiger partial charge is 0.313 e. The number of halogens is 1. The van der Waals surface area contributed by atoms with Crippen LogP contribution in [-0.4, -0.2) is 43.2 Å². The van der Waals surface area contributed by atoms with Gasteiger partial charge >= 0.3 is 5.69 Å². The molecule has 0 radical (unpaired) electrons. The first-order valence-electron chi connectivity index (χ1n) is 9.60. The molecule has 0 aliphatic heterocycles. The third kappa shape index (κ3) is 6.31. The molecule has 33 heavy (non-hydrogen) atoms. The van der Waals surface area contributed by atoms with Crippen LogP contribution in [0.2, 0.25) is 5.02 Å². The molecule has 1 aromatic heterocycles. The van der Waals surface area contributed by atoms with Gasteiger partial charge in [0.2, 0.25) is 11.6 Å². The van der Waals surface area contributed by atoms with Gasteiger partial charge in [-0.25, -0.2) is 4.98 Å². The summed E-state index contributed by atoms with van der Waals surface area (Å²) in [6.07, 6.45) is 1.47. The van der Waals surface area contributed by atoms with Crippen LogP contribution in [0.3, 0.4) is 0 Å². The van der Waals surface area contributed by atoms with Crippen LogP contribution in [0.4, 0.5) is 11.4 Å². The number of amides is 1. The molecule has 1 N–H and O–H groups in total. The number of carbonyl (C=O) groups excluding carboxylic acids is 1. The molecule has 0 fully saturated rings. The number of methoxy groups -OCH3 is 2. The lowest BCUT2D eigenvalue weighted by Gasteiger charge is -2.12. The van der Waals surface area contributed by atoms with Crippen LogP contribution in [0.25, 0.3) is 0 Å². The normalized spacial score (nSPS) is 10.4. The molecule has 3 rings (SSSR count). The first-order chi connectivity index (χ1) is 15.9. The van der Waals surface area contributed by atoms with Gasteiger partial charge in [-0.2, -0.15) is 0 Å². The standard InChI is InChI=1S/C22H20ClN3O7/c1-30-9-10-32-21-8-5-16(13-24-21)25-22(27)14-3-6-19(20(11-14)31-2)33-18-7-4-15(23)12-17(18)26(28)29/h3-8,11-13H,9-10H2,1-2H3,(H,25,27). The van der Waals surface area contributed by atoms with Crippen molar-refractivity contribution in [3.8, 4) is 23.1 Å². The van der Waals surface area contributed by atoms with Gasteiger partial charge in [0, 0.05) is 29.8 Å². The Balaban J connectivity index is 1.73.